The lowest BCUT2D eigenvalue weighted by atomic mass is 10.2. The highest BCUT2D eigenvalue weighted by molar-refractivity contribution is 7.90. The number of hydrogen-bond acceptors (Lipinski definition) is 7. The van der Waals surface area contributed by atoms with Crippen molar-refractivity contribution in [3.8, 4) is 0 Å². The molecule has 8 heteroatoms. The molecule has 0 spiro atoms. The van der Waals surface area contributed by atoms with Crippen molar-refractivity contribution < 1.29 is 12.8 Å². The maximum atomic E-state index is 11.3. The van der Waals surface area contributed by atoms with Gasteiger partial charge in [-0.05, 0) is 17.7 Å². The van der Waals surface area contributed by atoms with E-state index in [2.05, 4.69) is 15.5 Å². The number of nitrogens with two attached hydrogens (primary N) is 1. The molecule has 0 radical (unpaired) electrons. The summed E-state index contributed by atoms with van der Waals surface area (Å²) in [5, 5.41) is 10.4. The number of nitrogens with one attached hydrogen (secondary N) is 1. The van der Waals surface area contributed by atoms with E-state index in [0.29, 0.717) is 17.3 Å². The summed E-state index contributed by atoms with van der Waals surface area (Å²) in [6, 6.07) is 6.86. The number of rotatable bonds is 5. The highest BCUT2D eigenvalue weighted by Crippen LogP contribution is 2.12. The molecular formula is C11H14N4O3S. The molecule has 102 valence electrons. The first-order chi connectivity index (χ1) is 8.99. The van der Waals surface area contributed by atoms with Crippen molar-refractivity contribution in [3.63, 3.8) is 0 Å². The molecule has 19 heavy (non-hydrogen) atoms. The van der Waals surface area contributed by atoms with Gasteiger partial charge in [0.05, 0.1) is 11.4 Å². The van der Waals surface area contributed by atoms with Crippen LogP contribution in [0.5, 0.6) is 0 Å². The van der Waals surface area contributed by atoms with Gasteiger partial charge >= 0.3 is 6.01 Å². The Bertz CT molecular complexity index is 649. The molecule has 0 bridgehead atoms. The molecule has 0 amide bonds. The van der Waals surface area contributed by atoms with Crippen molar-refractivity contribution in [2.24, 2.45) is 5.73 Å². The molecule has 0 aliphatic carbocycles. The molecular weight excluding hydrogens is 268 g/mol. The number of hydrogen-bond donors (Lipinski definition) is 2. The first-order valence-electron chi connectivity index (χ1n) is 5.54. The minimum absolute atomic E-state index is 0.192. The maximum absolute atomic E-state index is 11.3. The van der Waals surface area contributed by atoms with Crippen molar-refractivity contribution in [2.75, 3.05) is 11.6 Å². The van der Waals surface area contributed by atoms with Gasteiger partial charge in [0.2, 0.25) is 5.89 Å². The van der Waals surface area contributed by atoms with Crippen LogP contribution in [0.3, 0.4) is 0 Å². The first-order valence-corrected chi connectivity index (χ1v) is 7.43. The Labute approximate surface area is 110 Å². The van der Waals surface area contributed by atoms with E-state index in [1.165, 1.54) is 6.26 Å². The number of sulfone groups is 1. The quantitative estimate of drug-likeness (QED) is 0.823. The Balaban J connectivity index is 2.00. The van der Waals surface area contributed by atoms with Gasteiger partial charge < -0.3 is 15.5 Å². The fourth-order valence-electron chi connectivity index (χ4n) is 1.44. The number of aromatic nitrogens is 2. The van der Waals surface area contributed by atoms with Crippen molar-refractivity contribution >= 4 is 15.9 Å². The van der Waals surface area contributed by atoms with Gasteiger partial charge in [-0.2, -0.15) is 0 Å². The Morgan fingerprint density at radius 3 is 2.47 bits per heavy atom. The monoisotopic (exact) mass is 282 g/mol. The van der Waals surface area contributed by atoms with E-state index in [-0.39, 0.29) is 12.6 Å². The first kappa shape index (κ1) is 13.5. The van der Waals surface area contributed by atoms with Gasteiger partial charge in [-0.15, -0.1) is 5.10 Å². The van der Waals surface area contributed by atoms with Crippen molar-refractivity contribution in [2.45, 2.75) is 18.0 Å². The third-order valence-electron chi connectivity index (χ3n) is 2.44. The van der Waals surface area contributed by atoms with Gasteiger partial charge in [0.25, 0.3) is 0 Å². The summed E-state index contributed by atoms with van der Waals surface area (Å²) in [5.74, 6) is 0.356. The fraction of sp³-hybridized carbons (Fsp3) is 0.273. The molecule has 1 aromatic heterocycles. The normalized spacial score (nSPS) is 11.5. The van der Waals surface area contributed by atoms with Crippen LogP contribution in [0.1, 0.15) is 11.5 Å². The molecule has 1 heterocycles. The zero-order valence-electron chi connectivity index (χ0n) is 10.3. The van der Waals surface area contributed by atoms with Crippen LogP contribution in [-0.2, 0) is 22.9 Å². The zero-order valence-corrected chi connectivity index (χ0v) is 11.1. The standard InChI is InChI=1S/C11H14N4O3S/c1-19(16,17)9-4-2-8(3-5-9)7-13-11-15-14-10(6-12)18-11/h2-5H,6-7,12H2,1H3,(H,13,15). The smallest absolute Gasteiger partial charge is 0.315 e. The predicted molar refractivity (Wildman–Crippen MR) is 69.1 cm³/mol. The third-order valence-corrected chi connectivity index (χ3v) is 3.57. The van der Waals surface area contributed by atoms with Gasteiger partial charge in [0.1, 0.15) is 0 Å². The van der Waals surface area contributed by atoms with Crippen LogP contribution in [0.4, 0.5) is 6.01 Å². The summed E-state index contributed by atoms with van der Waals surface area (Å²) in [7, 11) is -3.16. The number of nitrogens with zero attached hydrogens (tertiary/aromatic N) is 2. The van der Waals surface area contributed by atoms with E-state index in [4.69, 9.17) is 10.2 Å². The topological polar surface area (TPSA) is 111 Å². The molecule has 0 saturated carbocycles. The van der Waals surface area contributed by atoms with Gasteiger partial charge in [-0.25, -0.2) is 8.42 Å². The van der Waals surface area contributed by atoms with Gasteiger partial charge in [-0.3, -0.25) is 0 Å². The highest BCUT2D eigenvalue weighted by Gasteiger charge is 2.07. The molecule has 1 aromatic carbocycles. The molecule has 3 N–H and O–H groups in total. The van der Waals surface area contributed by atoms with E-state index in [0.717, 1.165) is 5.56 Å². The lowest BCUT2D eigenvalue weighted by molar-refractivity contribution is 0.507. The van der Waals surface area contributed by atoms with E-state index in [1.807, 2.05) is 0 Å². The summed E-state index contributed by atoms with van der Waals surface area (Å²) in [6.07, 6.45) is 1.17. The molecule has 0 aliphatic heterocycles. The van der Waals surface area contributed by atoms with E-state index >= 15 is 0 Å². The molecule has 2 rings (SSSR count). The Hall–Kier alpha value is -1.93. The Morgan fingerprint density at radius 1 is 1.26 bits per heavy atom. The molecule has 2 aromatic rings. The summed E-state index contributed by atoms with van der Waals surface area (Å²) >= 11 is 0. The second-order valence-corrected chi connectivity index (χ2v) is 5.99. The number of benzene rings is 1. The maximum Gasteiger partial charge on any atom is 0.315 e. The summed E-state index contributed by atoms with van der Waals surface area (Å²) in [4.78, 5) is 0.291. The second-order valence-electron chi connectivity index (χ2n) is 3.97. The van der Waals surface area contributed by atoms with Crippen LogP contribution in [0.15, 0.2) is 33.6 Å². The third kappa shape index (κ3) is 3.52. The van der Waals surface area contributed by atoms with Crippen LogP contribution in [0.2, 0.25) is 0 Å². The largest absolute Gasteiger partial charge is 0.407 e. The summed E-state index contributed by atoms with van der Waals surface area (Å²) < 4.78 is 27.8. The average Bonchev–Trinajstić information content (AvgIpc) is 2.84. The lowest BCUT2D eigenvalue weighted by Crippen LogP contribution is -2.01. The van der Waals surface area contributed by atoms with Crippen LogP contribution in [0.25, 0.3) is 0 Å². The van der Waals surface area contributed by atoms with Gasteiger partial charge in [-0.1, -0.05) is 17.2 Å². The SMILES string of the molecule is CS(=O)(=O)c1ccc(CNc2nnc(CN)o2)cc1. The van der Waals surface area contributed by atoms with E-state index < -0.39 is 9.84 Å². The van der Waals surface area contributed by atoms with Crippen LogP contribution < -0.4 is 11.1 Å². The predicted octanol–water partition coefficient (Wildman–Crippen LogP) is 0.544. The van der Waals surface area contributed by atoms with Crippen LogP contribution in [-0.4, -0.2) is 24.9 Å². The van der Waals surface area contributed by atoms with E-state index in [9.17, 15) is 8.42 Å². The molecule has 0 saturated heterocycles. The van der Waals surface area contributed by atoms with Crippen LogP contribution >= 0.6 is 0 Å². The van der Waals surface area contributed by atoms with Crippen molar-refractivity contribution in [3.05, 3.63) is 35.7 Å². The van der Waals surface area contributed by atoms with E-state index in [1.54, 1.807) is 24.3 Å². The van der Waals surface area contributed by atoms with Gasteiger partial charge in [0, 0.05) is 12.8 Å². The summed E-state index contributed by atoms with van der Waals surface area (Å²) in [5.41, 5.74) is 6.25. The molecule has 0 aliphatic rings. The molecule has 0 unspecified atom stereocenters. The minimum atomic E-state index is -3.16. The molecule has 7 nitrogen and oxygen atoms in total. The Morgan fingerprint density at radius 2 is 1.95 bits per heavy atom. The highest BCUT2D eigenvalue weighted by atomic mass is 32.2. The lowest BCUT2D eigenvalue weighted by Gasteiger charge is -2.03. The van der Waals surface area contributed by atoms with Crippen molar-refractivity contribution in [1.82, 2.24) is 10.2 Å². The Kier molecular flexibility index (Phi) is 3.82. The fourth-order valence-corrected chi connectivity index (χ4v) is 2.07. The van der Waals surface area contributed by atoms with Gasteiger partial charge in [0.15, 0.2) is 9.84 Å². The van der Waals surface area contributed by atoms with Crippen molar-refractivity contribution in [1.29, 1.82) is 0 Å². The average molecular weight is 282 g/mol. The second kappa shape index (κ2) is 5.37. The molecule has 0 fully saturated rings. The summed E-state index contributed by atoms with van der Waals surface area (Å²) in [6.45, 7) is 0.647. The number of anilines is 1. The minimum Gasteiger partial charge on any atom is -0.407 e. The zero-order chi connectivity index (χ0) is 13.9. The molecule has 0 atom stereocenters. The van der Waals surface area contributed by atoms with Crippen LogP contribution in [0, 0.1) is 0 Å².